The molecule has 118 valence electrons. The zero-order valence-corrected chi connectivity index (χ0v) is 13.3. The molecule has 0 saturated carbocycles. The Labute approximate surface area is 136 Å². The quantitative estimate of drug-likeness (QED) is 0.702. The van der Waals surface area contributed by atoms with Crippen LogP contribution in [-0.2, 0) is 4.79 Å². The monoisotopic (exact) mass is 330 g/mol. The van der Waals surface area contributed by atoms with Gasteiger partial charge in [-0.3, -0.25) is 9.89 Å². The minimum Gasteiger partial charge on any atom is -0.325 e. The van der Waals surface area contributed by atoms with Crippen LogP contribution in [0.25, 0.3) is 11.0 Å². The number of anilines is 1. The number of aromatic nitrogens is 3. The summed E-state index contributed by atoms with van der Waals surface area (Å²) in [5.41, 5.74) is 2.15. The second-order valence-corrected chi connectivity index (χ2v) is 6.16. The number of hydrogen-bond acceptors (Lipinski definition) is 4. The van der Waals surface area contributed by atoms with Gasteiger partial charge >= 0.3 is 0 Å². The topological polar surface area (TPSA) is 70.7 Å². The summed E-state index contributed by atoms with van der Waals surface area (Å²) in [6.07, 6.45) is 1.87. The highest BCUT2D eigenvalue weighted by atomic mass is 32.2. The lowest BCUT2D eigenvalue weighted by atomic mass is 10.2. The first kappa shape index (κ1) is 15.5. The van der Waals surface area contributed by atoms with E-state index in [1.54, 1.807) is 24.4 Å². The van der Waals surface area contributed by atoms with Gasteiger partial charge in [-0.2, -0.15) is 5.10 Å². The van der Waals surface area contributed by atoms with Crippen LogP contribution in [0.15, 0.2) is 41.4 Å². The fraction of sp³-hybridized carbons (Fsp3) is 0.188. The molecule has 0 aliphatic heterocycles. The number of aryl methyl sites for hydroxylation is 1. The van der Waals surface area contributed by atoms with Crippen molar-refractivity contribution in [1.82, 2.24) is 15.2 Å². The lowest BCUT2D eigenvalue weighted by molar-refractivity contribution is -0.115. The number of fused-ring (bicyclic) bond motifs is 1. The zero-order valence-electron chi connectivity index (χ0n) is 12.5. The van der Waals surface area contributed by atoms with Crippen LogP contribution in [0.1, 0.15) is 12.1 Å². The zero-order chi connectivity index (χ0) is 16.2. The number of pyridine rings is 1. The second kappa shape index (κ2) is 6.78. The fourth-order valence-electron chi connectivity index (χ4n) is 2.13. The van der Waals surface area contributed by atoms with Gasteiger partial charge < -0.3 is 5.32 Å². The number of hydrogen-bond donors (Lipinski definition) is 2. The molecule has 1 aromatic carbocycles. The van der Waals surface area contributed by atoms with Gasteiger partial charge in [0.05, 0.1) is 11.9 Å². The van der Waals surface area contributed by atoms with Crippen LogP contribution < -0.4 is 5.32 Å². The fourth-order valence-corrected chi connectivity index (χ4v) is 3.02. The third kappa shape index (κ3) is 3.68. The molecular formula is C16H15FN4OS. The Hall–Kier alpha value is -2.41. The average Bonchev–Trinajstić information content (AvgIpc) is 2.90. The van der Waals surface area contributed by atoms with E-state index in [9.17, 15) is 9.18 Å². The van der Waals surface area contributed by atoms with Gasteiger partial charge in [0, 0.05) is 28.1 Å². The highest BCUT2D eigenvalue weighted by Crippen LogP contribution is 2.22. The summed E-state index contributed by atoms with van der Waals surface area (Å²) in [6.45, 7) is 1.90. The highest BCUT2D eigenvalue weighted by Gasteiger charge is 2.08. The van der Waals surface area contributed by atoms with Crippen molar-refractivity contribution in [3.05, 3.63) is 48.0 Å². The highest BCUT2D eigenvalue weighted by molar-refractivity contribution is 7.99. The van der Waals surface area contributed by atoms with Crippen LogP contribution in [0.4, 0.5) is 10.1 Å². The molecule has 2 N–H and O–H groups in total. The van der Waals surface area contributed by atoms with Crippen LogP contribution in [0.3, 0.4) is 0 Å². The normalized spacial score (nSPS) is 10.9. The number of amides is 1. The number of carbonyl (C=O) groups is 1. The molecule has 0 radical (unpaired) electrons. The second-order valence-electron chi connectivity index (χ2n) is 5.02. The van der Waals surface area contributed by atoms with E-state index < -0.39 is 0 Å². The van der Waals surface area contributed by atoms with Gasteiger partial charge in [0.2, 0.25) is 5.91 Å². The molecule has 5 nitrogen and oxygen atoms in total. The van der Waals surface area contributed by atoms with Gasteiger partial charge in [-0.25, -0.2) is 9.37 Å². The number of thioether (sulfide) groups is 1. The van der Waals surface area contributed by atoms with E-state index in [1.165, 1.54) is 17.8 Å². The van der Waals surface area contributed by atoms with Crippen molar-refractivity contribution < 1.29 is 9.18 Å². The van der Waals surface area contributed by atoms with Crippen molar-refractivity contribution >= 4 is 34.4 Å². The first-order valence-corrected chi connectivity index (χ1v) is 8.10. The Morgan fingerprint density at radius 1 is 1.39 bits per heavy atom. The molecular weight excluding hydrogens is 315 g/mol. The minimum atomic E-state index is -0.261. The van der Waals surface area contributed by atoms with E-state index in [2.05, 4.69) is 20.5 Å². The lowest BCUT2D eigenvalue weighted by Gasteiger charge is -2.05. The predicted octanol–water partition coefficient (Wildman–Crippen LogP) is 3.53. The SMILES string of the molecule is Cc1[nH]nc2ncc(NC(=O)CCSc3ccccc3F)cc12. The van der Waals surface area contributed by atoms with Crippen molar-refractivity contribution in [3.8, 4) is 0 Å². The minimum absolute atomic E-state index is 0.129. The third-order valence-corrected chi connectivity index (χ3v) is 4.36. The molecule has 0 atom stereocenters. The Morgan fingerprint density at radius 3 is 3.04 bits per heavy atom. The number of nitrogens with one attached hydrogen (secondary N) is 2. The maximum absolute atomic E-state index is 13.5. The summed E-state index contributed by atoms with van der Waals surface area (Å²) < 4.78 is 13.5. The number of rotatable bonds is 5. The average molecular weight is 330 g/mol. The smallest absolute Gasteiger partial charge is 0.225 e. The van der Waals surface area contributed by atoms with Gasteiger partial charge in [-0.1, -0.05) is 12.1 Å². The van der Waals surface area contributed by atoms with E-state index in [1.807, 2.05) is 13.0 Å². The first-order valence-electron chi connectivity index (χ1n) is 7.11. The Balaban J connectivity index is 1.56. The van der Waals surface area contributed by atoms with Crippen LogP contribution in [0.5, 0.6) is 0 Å². The molecule has 2 aromatic heterocycles. The molecule has 2 heterocycles. The van der Waals surface area contributed by atoms with Crippen LogP contribution in [0.2, 0.25) is 0 Å². The number of carbonyl (C=O) groups excluding carboxylic acids is 1. The summed E-state index contributed by atoms with van der Waals surface area (Å²) in [5.74, 6) is 0.117. The van der Waals surface area contributed by atoms with Crippen molar-refractivity contribution in [2.75, 3.05) is 11.1 Å². The molecule has 1 amide bonds. The van der Waals surface area contributed by atoms with E-state index in [-0.39, 0.29) is 11.7 Å². The summed E-state index contributed by atoms with van der Waals surface area (Å²) in [6, 6.07) is 8.38. The van der Waals surface area contributed by atoms with Gasteiger partial charge in [0.25, 0.3) is 0 Å². The standard InChI is InChI=1S/C16H15FN4OS/c1-10-12-8-11(9-18-16(12)21-20-10)19-15(22)6-7-23-14-5-3-2-4-13(14)17/h2-5,8-9H,6-7H2,1H3,(H,19,22)(H,18,20,21). The molecule has 7 heteroatoms. The summed E-state index contributed by atoms with van der Waals surface area (Å²) in [5, 5.41) is 10.6. The molecule has 3 aromatic rings. The number of halogens is 1. The van der Waals surface area contributed by atoms with Crippen LogP contribution in [0, 0.1) is 12.7 Å². The Morgan fingerprint density at radius 2 is 2.22 bits per heavy atom. The molecule has 0 bridgehead atoms. The van der Waals surface area contributed by atoms with Gasteiger partial charge in [0.1, 0.15) is 5.82 Å². The van der Waals surface area contributed by atoms with Crippen molar-refractivity contribution in [2.45, 2.75) is 18.2 Å². The van der Waals surface area contributed by atoms with Crippen LogP contribution in [-0.4, -0.2) is 26.8 Å². The number of aromatic amines is 1. The predicted molar refractivity (Wildman–Crippen MR) is 89.0 cm³/mol. The van der Waals surface area contributed by atoms with Gasteiger partial charge in [-0.05, 0) is 25.1 Å². The van der Waals surface area contributed by atoms with Crippen molar-refractivity contribution in [3.63, 3.8) is 0 Å². The molecule has 0 unspecified atom stereocenters. The first-order chi connectivity index (χ1) is 11.1. The number of H-pyrrole nitrogens is 1. The summed E-state index contributed by atoms with van der Waals surface area (Å²) in [4.78, 5) is 16.7. The van der Waals surface area contributed by atoms with E-state index in [0.29, 0.717) is 28.4 Å². The summed E-state index contributed by atoms with van der Waals surface area (Å²) >= 11 is 1.33. The molecule has 0 fully saturated rings. The molecule has 0 saturated heterocycles. The maximum Gasteiger partial charge on any atom is 0.225 e. The van der Waals surface area contributed by atoms with Crippen molar-refractivity contribution in [1.29, 1.82) is 0 Å². The maximum atomic E-state index is 13.5. The third-order valence-electron chi connectivity index (χ3n) is 3.31. The molecule has 0 spiro atoms. The largest absolute Gasteiger partial charge is 0.325 e. The molecule has 0 aliphatic rings. The number of benzene rings is 1. The van der Waals surface area contributed by atoms with Gasteiger partial charge in [0.15, 0.2) is 5.65 Å². The van der Waals surface area contributed by atoms with E-state index in [4.69, 9.17) is 0 Å². The van der Waals surface area contributed by atoms with Crippen LogP contribution >= 0.6 is 11.8 Å². The Kier molecular flexibility index (Phi) is 4.57. The van der Waals surface area contributed by atoms with Gasteiger partial charge in [-0.15, -0.1) is 11.8 Å². The van der Waals surface area contributed by atoms with E-state index in [0.717, 1.165) is 11.1 Å². The molecule has 3 rings (SSSR count). The Bertz CT molecular complexity index is 849. The van der Waals surface area contributed by atoms with E-state index >= 15 is 0 Å². The summed E-state index contributed by atoms with van der Waals surface area (Å²) in [7, 11) is 0. The number of nitrogens with zero attached hydrogens (tertiary/aromatic N) is 2. The molecule has 0 aliphatic carbocycles. The molecule has 23 heavy (non-hydrogen) atoms. The van der Waals surface area contributed by atoms with Crippen molar-refractivity contribution in [2.24, 2.45) is 0 Å². The lowest BCUT2D eigenvalue weighted by Crippen LogP contribution is -2.12.